The van der Waals surface area contributed by atoms with Crippen molar-refractivity contribution in [3.05, 3.63) is 34.9 Å². The van der Waals surface area contributed by atoms with E-state index in [0.717, 1.165) is 11.1 Å². The second-order valence-corrected chi connectivity index (χ2v) is 6.49. The number of nitrogens with two attached hydrogens (primary N) is 1. The zero-order chi connectivity index (χ0) is 19.9. The van der Waals surface area contributed by atoms with E-state index in [1.165, 1.54) is 4.90 Å². The molecule has 3 N–H and O–H groups in total. The molecule has 0 aliphatic carbocycles. The molecule has 148 valence electrons. The van der Waals surface area contributed by atoms with Gasteiger partial charge in [0.15, 0.2) is 0 Å². The van der Waals surface area contributed by atoms with Gasteiger partial charge >= 0.3 is 0 Å². The highest BCUT2D eigenvalue weighted by atomic mass is 16.5. The number of rotatable bonds is 7. The second kappa shape index (κ2) is 9.46. The van der Waals surface area contributed by atoms with Gasteiger partial charge in [0.05, 0.1) is 19.8 Å². The zero-order valence-electron chi connectivity index (χ0n) is 15.5. The summed E-state index contributed by atoms with van der Waals surface area (Å²) in [5.41, 5.74) is 7.42. The van der Waals surface area contributed by atoms with E-state index in [0.29, 0.717) is 44.9 Å². The molecule has 8 heteroatoms. The molecule has 0 spiro atoms. The molecule has 0 saturated carbocycles. The van der Waals surface area contributed by atoms with E-state index in [2.05, 4.69) is 17.2 Å². The summed E-state index contributed by atoms with van der Waals surface area (Å²) in [5.74, 6) is 5.05. The molecule has 0 radical (unpaired) electrons. The van der Waals surface area contributed by atoms with Gasteiger partial charge in [0, 0.05) is 30.6 Å². The maximum Gasteiger partial charge on any atom is 0.255 e. The van der Waals surface area contributed by atoms with Gasteiger partial charge in [-0.2, -0.15) is 0 Å². The molecular weight excluding hydrogens is 362 g/mol. The summed E-state index contributed by atoms with van der Waals surface area (Å²) >= 11 is 0. The molecule has 1 unspecified atom stereocenters. The lowest BCUT2D eigenvalue weighted by molar-refractivity contribution is -0.136. The average Bonchev–Trinajstić information content (AvgIpc) is 3.01. The third-order valence-corrected chi connectivity index (χ3v) is 4.61. The number of imide groups is 1. The number of hydrogen-bond acceptors (Lipinski definition) is 6. The van der Waals surface area contributed by atoms with Gasteiger partial charge in [0.2, 0.25) is 11.8 Å². The number of ether oxygens (including phenoxy) is 2. The van der Waals surface area contributed by atoms with Crippen molar-refractivity contribution in [3.8, 4) is 11.8 Å². The molecule has 2 aliphatic heterocycles. The highest BCUT2D eigenvalue weighted by molar-refractivity contribution is 6.05. The molecule has 0 bridgehead atoms. The van der Waals surface area contributed by atoms with Crippen LogP contribution in [0.2, 0.25) is 0 Å². The van der Waals surface area contributed by atoms with Gasteiger partial charge in [-0.1, -0.05) is 17.9 Å². The Kier molecular flexibility index (Phi) is 6.76. The molecule has 3 rings (SSSR count). The minimum Gasteiger partial charge on any atom is -0.378 e. The van der Waals surface area contributed by atoms with Gasteiger partial charge in [0.25, 0.3) is 5.91 Å². The lowest BCUT2D eigenvalue weighted by Gasteiger charge is -2.29. The van der Waals surface area contributed by atoms with Crippen LogP contribution in [0.3, 0.4) is 0 Å². The molecular formula is C20H23N3O5. The average molecular weight is 385 g/mol. The molecule has 28 heavy (non-hydrogen) atoms. The van der Waals surface area contributed by atoms with Crippen molar-refractivity contribution in [1.82, 2.24) is 10.2 Å². The van der Waals surface area contributed by atoms with Crippen LogP contribution in [0.15, 0.2) is 18.2 Å². The number of fused-ring (bicyclic) bond motifs is 1. The lowest BCUT2D eigenvalue weighted by atomic mass is 10.0. The Balaban J connectivity index is 1.62. The monoisotopic (exact) mass is 385 g/mol. The Morgan fingerprint density at radius 1 is 1.18 bits per heavy atom. The van der Waals surface area contributed by atoms with Gasteiger partial charge in [-0.15, -0.1) is 0 Å². The van der Waals surface area contributed by atoms with E-state index >= 15 is 0 Å². The highest BCUT2D eigenvalue weighted by Gasteiger charge is 2.39. The first-order valence-electron chi connectivity index (χ1n) is 9.22. The predicted octanol–water partition coefficient (Wildman–Crippen LogP) is -0.209. The fraction of sp³-hybridized carbons (Fsp3) is 0.450. The van der Waals surface area contributed by atoms with E-state index in [1.54, 1.807) is 12.1 Å². The van der Waals surface area contributed by atoms with Crippen molar-refractivity contribution in [2.75, 3.05) is 33.0 Å². The third kappa shape index (κ3) is 4.57. The van der Waals surface area contributed by atoms with Crippen LogP contribution < -0.4 is 11.1 Å². The summed E-state index contributed by atoms with van der Waals surface area (Å²) in [6.07, 6.45) is 0.570. The second-order valence-electron chi connectivity index (χ2n) is 6.49. The minimum atomic E-state index is -0.629. The lowest BCUT2D eigenvalue weighted by Crippen LogP contribution is -2.52. The molecule has 1 fully saturated rings. The van der Waals surface area contributed by atoms with Crippen molar-refractivity contribution < 1.29 is 23.9 Å². The maximum atomic E-state index is 12.7. The van der Waals surface area contributed by atoms with Crippen LogP contribution in [-0.2, 0) is 25.6 Å². The van der Waals surface area contributed by atoms with Gasteiger partial charge in [-0.05, 0) is 24.1 Å². The molecule has 3 amide bonds. The van der Waals surface area contributed by atoms with Crippen LogP contribution >= 0.6 is 0 Å². The van der Waals surface area contributed by atoms with Crippen molar-refractivity contribution >= 4 is 17.7 Å². The molecule has 1 aromatic carbocycles. The van der Waals surface area contributed by atoms with E-state index in [1.807, 2.05) is 6.07 Å². The Bertz CT molecular complexity index is 827. The molecule has 2 heterocycles. The maximum absolute atomic E-state index is 12.7. The highest BCUT2D eigenvalue weighted by Crippen LogP contribution is 2.29. The first-order chi connectivity index (χ1) is 13.6. The van der Waals surface area contributed by atoms with E-state index < -0.39 is 11.9 Å². The summed E-state index contributed by atoms with van der Waals surface area (Å²) < 4.78 is 10.6. The number of nitrogens with one attached hydrogen (secondary N) is 1. The Morgan fingerprint density at radius 2 is 2.00 bits per heavy atom. The first-order valence-corrected chi connectivity index (χ1v) is 9.22. The van der Waals surface area contributed by atoms with Crippen LogP contribution in [0.4, 0.5) is 0 Å². The molecule has 8 nitrogen and oxygen atoms in total. The van der Waals surface area contributed by atoms with E-state index in [-0.39, 0.29) is 24.8 Å². The number of carbonyl (C=O) groups excluding carboxylic acids is 3. The molecule has 0 aromatic heterocycles. The number of piperidine rings is 1. The first kappa shape index (κ1) is 20.0. The van der Waals surface area contributed by atoms with Gasteiger partial charge in [-0.3, -0.25) is 19.7 Å². The van der Waals surface area contributed by atoms with Crippen LogP contribution in [0.1, 0.15) is 34.3 Å². The summed E-state index contributed by atoms with van der Waals surface area (Å²) in [6, 6.07) is 4.73. The predicted molar refractivity (Wildman–Crippen MR) is 100 cm³/mol. The van der Waals surface area contributed by atoms with Crippen molar-refractivity contribution in [3.63, 3.8) is 0 Å². The molecule has 2 aliphatic rings. The Hall–Kier alpha value is -2.73. The van der Waals surface area contributed by atoms with Crippen molar-refractivity contribution in [2.24, 2.45) is 5.73 Å². The SMILES string of the molecule is NCCOCCOCC#Cc1cccc2c1CN(C1CCC(=O)NC1=O)C2=O. The summed E-state index contributed by atoms with van der Waals surface area (Å²) in [7, 11) is 0. The van der Waals surface area contributed by atoms with Gasteiger partial charge in [0.1, 0.15) is 12.6 Å². The zero-order valence-corrected chi connectivity index (χ0v) is 15.5. The fourth-order valence-corrected chi connectivity index (χ4v) is 3.26. The number of nitrogens with zero attached hydrogens (tertiary/aromatic N) is 1. The topological polar surface area (TPSA) is 111 Å². The van der Waals surface area contributed by atoms with Crippen LogP contribution in [-0.4, -0.2) is 61.6 Å². The number of carbonyl (C=O) groups is 3. The van der Waals surface area contributed by atoms with Crippen LogP contribution in [0.5, 0.6) is 0 Å². The van der Waals surface area contributed by atoms with E-state index in [9.17, 15) is 14.4 Å². The number of benzene rings is 1. The Morgan fingerprint density at radius 3 is 2.79 bits per heavy atom. The summed E-state index contributed by atoms with van der Waals surface area (Å²) in [4.78, 5) is 37.7. The van der Waals surface area contributed by atoms with Gasteiger partial charge in [-0.25, -0.2) is 0 Å². The number of hydrogen-bond donors (Lipinski definition) is 2. The fourth-order valence-electron chi connectivity index (χ4n) is 3.26. The quantitative estimate of drug-likeness (QED) is 0.382. The minimum absolute atomic E-state index is 0.207. The summed E-state index contributed by atoms with van der Waals surface area (Å²) in [5, 5.41) is 2.30. The normalized spacial score (nSPS) is 18.5. The van der Waals surface area contributed by atoms with Crippen molar-refractivity contribution in [2.45, 2.75) is 25.4 Å². The third-order valence-electron chi connectivity index (χ3n) is 4.61. The van der Waals surface area contributed by atoms with Crippen LogP contribution in [0, 0.1) is 11.8 Å². The Labute approximate surface area is 163 Å². The largest absolute Gasteiger partial charge is 0.378 e. The van der Waals surface area contributed by atoms with E-state index in [4.69, 9.17) is 15.2 Å². The van der Waals surface area contributed by atoms with Crippen molar-refractivity contribution in [1.29, 1.82) is 0 Å². The molecule has 1 atom stereocenters. The standard InChI is InChI=1S/C20H23N3O5/c21-8-10-28-12-11-27-9-2-4-14-3-1-5-15-16(14)13-23(20(15)26)17-6-7-18(24)22-19(17)25/h1,3,5,17H,6-13,21H2,(H,22,24,25). The summed E-state index contributed by atoms with van der Waals surface area (Å²) in [6.45, 7) is 2.44. The van der Waals surface area contributed by atoms with Gasteiger partial charge < -0.3 is 20.1 Å². The molecule has 1 saturated heterocycles. The smallest absolute Gasteiger partial charge is 0.255 e. The van der Waals surface area contributed by atoms with Crippen LogP contribution in [0.25, 0.3) is 0 Å². The number of amides is 3. The molecule has 1 aromatic rings.